The number of aromatic nitrogens is 4. The summed E-state index contributed by atoms with van der Waals surface area (Å²) in [6.45, 7) is 1.22. The summed E-state index contributed by atoms with van der Waals surface area (Å²) in [6.07, 6.45) is 5.15. The highest BCUT2D eigenvalue weighted by Crippen LogP contribution is 2.31. The number of rotatable bonds is 4. The first-order chi connectivity index (χ1) is 15.1. The van der Waals surface area contributed by atoms with Crippen molar-refractivity contribution in [3.05, 3.63) is 66.6 Å². The molecule has 1 N–H and O–H groups in total. The van der Waals surface area contributed by atoms with Gasteiger partial charge in [0.1, 0.15) is 17.8 Å². The minimum absolute atomic E-state index is 0.153. The monoisotopic (exact) mass is 424 g/mol. The summed E-state index contributed by atoms with van der Waals surface area (Å²) < 4.78 is 43.5. The maximum Gasteiger partial charge on any atom is 0.229 e. The van der Waals surface area contributed by atoms with Gasteiger partial charge in [-0.05, 0) is 43.2 Å². The largest absolute Gasteiger partial charge is 0.370 e. The molecule has 3 aromatic heterocycles. The molecule has 4 aromatic rings. The molecule has 6 nitrogen and oxygen atoms in total. The summed E-state index contributed by atoms with van der Waals surface area (Å²) in [7, 11) is 0. The van der Waals surface area contributed by atoms with Gasteiger partial charge >= 0.3 is 0 Å². The molecule has 31 heavy (non-hydrogen) atoms. The van der Waals surface area contributed by atoms with Crippen LogP contribution in [0.3, 0.4) is 0 Å². The molecule has 0 spiro atoms. The van der Waals surface area contributed by atoms with Crippen molar-refractivity contribution in [3.63, 3.8) is 0 Å². The van der Waals surface area contributed by atoms with Gasteiger partial charge in [-0.2, -0.15) is 9.61 Å². The molecular weight excluding hydrogens is 405 g/mol. The summed E-state index contributed by atoms with van der Waals surface area (Å²) >= 11 is 0. The highest BCUT2D eigenvalue weighted by atomic mass is 19.1. The Bertz CT molecular complexity index is 1210. The Morgan fingerprint density at radius 1 is 0.968 bits per heavy atom. The van der Waals surface area contributed by atoms with Crippen molar-refractivity contribution in [2.75, 3.05) is 23.3 Å². The van der Waals surface area contributed by atoms with Crippen molar-refractivity contribution in [1.29, 1.82) is 0 Å². The van der Waals surface area contributed by atoms with Crippen molar-refractivity contribution in [2.24, 2.45) is 0 Å². The molecule has 9 heteroatoms. The second-order valence-electron chi connectivity index (χ2n) is 7.41. The predicted octanol–water partition coefficient (Wildman–Crippen LogP) is 4.75. The Morgan fingerprint density at radius 3 is 2.52 bits per heavy atom. The van der Waals surface area contributed by atoms with Crippen LogP contribution < -0.4 is 10.2 Å². The molecule has 0 unspecified atom stereocenters. The first-order valence-corrected chi connectivity index (χ1v) is 9.99. The fourth-order valence-electron chi connectivity index (χ4n) is 3.81. The quantitative estimate of drug-likeness (QED) is 0.512. The number of halogens is 3. The molecule has 0 bridgehead atoms. The number of hydrogen-bond donors (Lipinski definition) is 1. The first kappa shape index (κ1) is 19.3. The van der Waals surface area contributed by atoms with Gasteiger partial charge in [-0.25, -0.2) is 18.2 Å². The number of pyridine rings is 1. The highest BCUT2D eigenvalue weighted by Gasteiger charge is 2.21. The van der Waals surface area contributed by atoms with Crippen LogP contribution in [0.25, 0.3) is 16.8 Å². The molecule has 4 heterocycles. The molecule has 5 rings (SSSR count). The van der Waals surface area contributed by atoms with E-state index in [9.17, 15) is 13.2 Å². The van der Waals surface area contributed by atoms with E-state index in [0.717, 1.165) is 5.69 Å². The van der Waals surface area contributed by atoms with Crippen molar-refractivity contribution in [1.82, 2.24) is 19.6 Å². The first-order valence-electron chi connectivity index (χ1n) is 9.99. The minimum Gasteiger partial charge on any atom is -0.370 e. The van der Waals surface area contributed by atoms with Crippen LogP contribution in [0.5, 0.6) is 0 Å². The summed E-state index contributed by atoms with van der Waals surface area (Å²) in [4.78, 5) is 10.6. The third-order valence-electron chi connectivity index (χ3n) is 5.41. The number of imidazole rings is 1. The van der Waals surface area contributed by atoms with E-state index in [1.54, 1.807) is 30.7 Å². The Labute approximate surface area is 176 Å². The average molecular weight is 424 g/mol. The lowest BCUT2D eigenvalue weighted by atomic mass is 10.1. The van der Waals surface area contributed by atoms with Crippen molar-refractivity contribution < 1.29 is 13.2 Å². The molecule has 1 aromatic carbocycles. The standard InChI is InChI=1S/C22H19F3N6/c23-14-7-10-30(11-8-14)20-6-9-26-13-19(20)28-22-27-12-15-4-5-18(29-31(15)22)21-16(24)2-1-3-17(21)25/h1-6,9,12-14H,7-8,10-11H2,(H,27,28). The van der Waals surface area contributed by atoms with Crippen molar-refractivity contribution in [2.45, 2.75) is 19.0 Å². The fraction of sp³-hybridized carbons (Fsp3) is 0.227. The Morgan fingerprint density at radius 2 is 1.74 bits per heavy atom. The van der Waals surface area contributed by atoms with Crippen LogP contribution in [0.1, 0.15) is 12.8 Å². The second-order valence-corrected chi connectivity index (χ2v) is 7.41. The van der Waals surface area contributed by atoms with Gasteiger partial charge in [-0.1, -0.05) is 6.07 Å². The van der Waals surface area contributed by atoms with Crippen LogP contribution in [0.15, 0.2) is 55.0 Å². The van der Waals surface area contributed by atoms with Gasteiger partial charge in [-0.3, -0.25) is 4.98 Å². The maximum atomic E-state index is 14.2. The number of fused-ring (bicyclic) bond motifs is 1. The van der Waals surface area contributed by atoms with E-state index >= 15 is 0 Å². The fourth-order valence-corrected chi connectivity index (χ4v) is 3.81. The Balaban J connectivity index is 1.51. The van der Waals surface area contributed by atoms with Gasteiger partial charge in [0.15, 0.2) is 0 Å². The lowest BCUT2D eigenvalue weighted by Gasteiger charge is -2.31. The number of anilines is 3. The van der Waals surface area contributed by atoms with Gasteiger partial charge in [0.2, 0.25) is 5.95 Å². The molecule has 0 aliphatic carbocycles. The molecule has 1 saturated heterocycles. The summed E-state index contributed by atoms with van der Waals surface area (Å²) in [5.41, 5.74) is 2.19. The second kappa shape index (κ2) is 7.90. The van der Waals surface area contributed by atoms with E-state index in [1.165, 1.54) is 22.7 Å². The zero-order valence-corrected chi connectivity index (χ0v) is 16.5. The van der Waals surface area contributed by atoms with E-state index in [4.69, 9.17) is 0 Å². The minimum atomic E-state index is -0.771. The molecule has 1 aliphatic rings. The van der Waals surface area contributed by atoms with Gasteiger partial charge < -0.3 is 10.2 Å². The van der Waals surface area contributed by atoms with Crippen molar-refractivity contribution in [3.8, 4) is 11.3 Å². The zero-order valence-electron chi connectivity index (χ0n) is 16.5. The van der Waals surface area contributed by atoms with E-state index in [1.807, 2.05) is 6.07 Å². The lowest BCUT2D eigenvalue weighted by molar-refractivity contribution is 0.277. The number of alkyl halides is 1. The smallest absolute Gasteiger partial charge is 0.229 e. The van der Waals surface area contributed by atoms with E-state index < -0.39 is 17.8 Å². The lowest BCUT2D eigenvalue weighted by Crippen LogP contribution is -2.34. The molecular formula is C22H19F3N6. The number of nitrogens with zero attached hydrogens (tertiary/aromatic N) is 5. The normalized spacial score (nSPS) is 14.9. The summed E-state index contributed by atoms with van der Waals surface area (Å²) in [6, 6.07) is 8.82. The topological polar surface area (TPSA) is 58.4 Å². The van der Waals surface area contributed by atoms with Crippen LogP contribution in [0.2, 0.25) is 0 Å². The van der Waals surface area contributed by atoms with Gasteiger partial charge in [0, 0.05) is 19.3 Å². The van der Waals surface area contributed by atoms with Crippen LogP contribution in [-0.4, -0.2) is 38.8 Å². The maximum absolute atomic E-state index is 14.2. The van der Waals surface area contributed by atoms with Crippen LogP contribution in [0, 0.1) is 11.6 Å². The molecule has 0 saturated carbocycles. The molecule has 0 atom stereocenters. The number of benzene rings is 1. The SMILES string of the molecule is Fc1cccc(F)c1-c1ccc2cnc(Nc3cnccc3N3CCC(F)CC3)n2n1. The molecule has 1 aliphatic heterocycles. The summed E-state index contributed by atoms with van der Waals surface area (Å²) in [5.74, 6) is -0.997. The van der Waals surface area contributed by atoms with Crippen LogP contribution in [0.4, 0.5) is 30.5 Å². The predicted molar refractivity (Wildman–Crippen MR) is 112 cm³/mol. The van der Waals surface area contributed by atoms with Crippen LogP contribution >= 0.6 is 0 Å². The van der Waals surface area contributed by atoms with E-state index in [-0.39, 0.29) is 11.3 Å². The third kappa shape index (κ3) is 3.67. The number of nitrogens with one attached hydrogen (secondary N) is 1. The highest BCUT2D eigenvalue weighted by molar-refractivity contribution is 5.74. The average Bonchev–Trinajstić information content (AvgIpc) is 3.17. The van der Waals surface area contributed by atoms with Crippen molar-refractivity contribution >= 4 is 22.8 Å². The van der Waals surface area contributed by atoms with Gasteiger partial charge in [0.25, 0.3) is 0 Å². The van der Waals surface area contributed by atoms with E-state index in [0.29, 0.717) is 43.1 Å². The number of hydrogen-bond acceptors (Lipinski definition) is 5. The van der Waals surface area contributed by atoms with Gasteiger partial charge in [0.05, 0.1) is 40.5 Å². The number of piperidine rings is 1. The molecule has 0 radical (unpaired) electrons. The Kier molecular flexibility index (Phi) is 4.93. The molecule has 0 amide bonds. The zero-order chi connectivity index (χ0) is 21.4. The summed E-state index contributed by atoms with van der Waals surface area (Å²) in [5, 5.41) is 7.62. The Hall–Kier alpha value is -3.62. The molecule has 1 fully saturated rings. The molecule has 158 valence electrons. The van der Waals surface area contributed by atoms with Gasteiger partial charge in [-0.15, -0.1) is 0 Å². The van der Waals surface area contributed by atoms with E-state index in [2.05, 4.69) is 25.3 Å². The van der Waals surface area contributed by atoms with Crippen LogP contribution in [-0.2, 0) is 0 Å². The third-order valence-corrected chi connectivity index (χ3v) is 5.41.